The van der Waals surface area contributed by atoms with Gasteiger partial charge in [0.1, 0.15) is 5.75 Å². The van der Waals surface area contributed by atoms with Crippen LogP contribution in [-0.2, 0) is 9.53 Å². The highest BCUT2D eigenvalue weighted by molar-refractivity contribution is 6.00. The van der Waals surface area contributed by atoms with Crippen LogP contribution in [-0.4, -0.2) is 18.6 Å². The molecule has 0 aromatic heterocycles. The molecule has 1 saturated heterocycles. The number of benzene rings is 1. The number of halogens is 2. The molecule has 1 N–H and O–H groups in total. The number of ether oxygens (including phenoxy) is 2. The first-order valence-corrected chi connectivity index (χ1v) is 4.63. The van der Waals surface area contributed by atoms with Gasteiger partial charge in [-0.2, -0.15) is 8.78 Å². The van der Waals surface area contributed by atoms with Crippen molar-refractivity contribution in [1.29, 1.82) is 0 Å². The van der Waals surface area contributed by atoms with Crippen LogP contribution >= 0.6 is 0 Å². The van der Waals surface area contributed by atoms with Crippen molar-refractivity contribution in [1.82, 2.24) is 5.32 Å². The number of alkyl halides is 2. The van der Waals surface area contributed by atoms with E-state index < -0.39 is 24.7 Å². The van der Waals surface area contributed by atoms with E-state index in [2.05, 4.69) is 9.47 Å². The minimum Gasteiger partial charge on any atom is -0.434 e. The first-order chi connectivity index (χ1) is 8.08. The maximum absolute atomic E-state index is 12.1. The van der Waals surface area contributed by atoms with E-state index in [0.29, 0.717) is 0 Å². The predicted molar refractivity (Wildman–Crippen MR) is 50.4 cm³/mol. The van der Waals surface area contributed by atoms with Crippen molar-refractivity contribution in [3.63, 3.8) is 0 Å². The fourth-order valence-corrected chi connectivity index (χ4v) is 1.46. The molecule has 1 fully saturated rings. The molecule has 90 valence electrons. The van der Waals surface area contributed by atoms with Crippen molar-refractivity contribution in [2.75, 3.05) is 0 Å². The number of alkyl carbamates (subject to hydrolysis) is 1. The van der Waals surface area contributed by atoms with Gasteiger partial charge in [0.15, 0.2) is 0 Å². The summed E-state index contributed by atoms with van der Waals surface area (Å²) >= 11 is 0. The molecule has 1 aliphatic rings. The van der Waals surface area contributed by atoms with E-state index in [4.69, 9.17) is 0 Å². The number of rotatable bonds is 3. The quantitative estimate of drug-likeness (QED) is 0.875. The van der Waals surface area contributed by atoms with Crippen molar-refractivity contribution in [2.24, 2.45) is 0 Å². The third-order valence-corrected chi connectivity index (χ3v) is 2.11. The molecular weight excluding hydrogens is 236 g/mol. The van der Waals surface area contributed by atoms with E-state index in [1.165, 1.54) is 24.3 Å². The summed E-state index contributed by atoms with van der Waals surface area (Å²) in [5.41, 5.74) is 0.0798. The smallest absolute Gasteiger partial charge is 0.415 e. The van der Waals surface area contributed by atoms with E-state index in [1.54, 1.807) is 0 Å². The second kappa shape index (κ2) is 4.36. The summed E-state index contributed by atoms with van der Waals surface area (Å²) in [6.45, 7) is -3.02. The molecule has 0 radical (unpaired) electrons. The molecule has 1 aliphatic heterocycles. The second-order valence-corrected chi connectivity index (χ2v) is 3.19. The van der Waals surface area contributed by atoms with Gasteiger partial charge < -0.3 is 9.47 Å². The molecule has 0 spiro atoms. The van der Waals surface area contributed by atoms with Crippen molar-refractivity contribution < 1.29 is 27.8 Å². The maximum Gasteiger partial charge on any atom is 0.415 e. The van der Waals surface area contributed by atoms with Crippen LogP contribution in [0.25, 0.3) is 0 Å². The Morgan fingerprint density at radius 1 is 1.29 bits per heavy atom. The molecule has 1 atom stereocenters. The van der Waals surface area contributed by atoms with Gasteiger partial charge in [-0.15, -0.1) is 0 Å². The van der Waals surface area contributed by atoms with E-state index in [1.807, 2.05) is 5.32 Å². The average molecular weight is 243 g/mol. The van der Waals surface area contributed by atoms with Crippen LogP contribution < -0.4 is 10.1 Å². The first-order valence-electron chi connectivity index (χ1n) is 4.63. The monoisotopic (exact) mass is 243 g/mol. The van der Waals surface area contributed by atoms with Crippen LogP contribution in [0.1, 0.15) is 11.7 Å². The van der Waals surface area contributed by atoms with Gasteiger partial charge in [-0.1, -0.05) is 18.2 Å². The third-order valence-electron chi connectivity index (χ3n) is 2.11. The zero-order valence-corrected chi connectivity index (χ0v) is 8.35. The number of cyclic esters (lactones) is 1. The summed E-state index contributed by atoms with van der Waals surface area (Å²) in [6, 6.07) is 5.63. The Balaban J connectivity index is 2.31. The van der Waals surface area contributed by atoms with Crippen LogP contribution in [0.3, 0.4) is 0 Å². The largest absolute Gasteiger partial charge is 0.434 e. The molecule has 1 heterocycles. The van der Waals surface area contributed by atoms with Crippen LogP contribution in [0.5, 0.6) is 5.75 Å². The SMILES string of the molecule is O=C1NC(=O)C(c2ccccc2OC(F)F)O1. The standard InChI is InChI=1S/C10H7F2NO4/c11-9(12)16-6-4-2-1-3-5(6)7-8(14)13-10(15)17-7/h1-4,7,9H,(H,13,14,15). The second-order valence-electron chi connectivity index (χ2n) is 3.19. The van der Waals surface area contributed by atoms with Crippen LogP contribution in [0.15, 0.2) is 24.3 Å². The predicted octanol–water partition coefficient (Wildman–Crippen LogP) is 1.60. The molecule has 0 aliphatic carbocycles. The third kappa shape index (κ3) is 2.32. The lowest BCUT2D eigenvalue weighted by atomic mass is 10.1. The van der Waals surface area contributed by atoms with Crippen LogP contribution in [0.4, 0.5) is 13.6 Å². The highest BCUT2D eigenvalue weighted by Crippen LogP contribution is 2.31. The van der Waals surface area contributed by atoms with Gasteiger partial charge in [0.05, 0.1) is 0 Å². The molecule has 7 heteroatoms. The van der Waals surface area contributed by atoms with Gasteiger partial charge in [0, 0.05) is 5.56 Å². The number of para-hydroxylation sites is 1. The van der Waals surface area contributed by atoms with Gasteiger partial charge in [-0.05, 0) is 6.07 Å². The van der Waals surface area contributed by atoms with Gasteiger partial charge in [0.25, 0.3) is 5.91 Å². The molecule has 2 amide bonds. The fraction of sp³-hybridized carbons (Fsp3) is 0.200. The topological polar surface area (TPSA) is 64.6 Å². The average Bonchev–Trinajstić information content (AvgIpc) is 2.58. The number of amides is 2. The Kier molecular flexibility index (Phi) is 2.90. The lowest BCUT2D eigenvalue weighted by Crippen LogP contribution is -2.21. The van der Waals surface area contributed by atoms with Gasteiger partial charge >= 0.3 is 12.7 Å². The van der Waals surface area contributed by atoms with E-state index in [0.717, 1.165) is 0 Å². The minimum absolute atomic E-state index is 0.0798. The number of nitrogens with one attached hydrogen (secondary N) is 1. The molecule has 5 nitrogen and oxygen atoms in total. The summed E-state index contributed by atoms with van der Waals surface area (Å²) in [5.74, 6) is -0.905. The summed E-state index contributed by atoms with van der Waals surface area (Å²) in [5, 5.41) is 1.90. The fourth-order valence-electron chi connectivity index (χ4n) is 1.46. The molecule has 1 unspecified atom stereocenters. The van der Waals surface area contributed by atoms with Crippen LogP contribution in [0.2, 0.25) is 0 Å². The number of hydrogen-bond acceptors (Lipinski definition) is 4. The van der Waals surface area contributed by atoms with Crippen molar-refractivity contribution in [2.45, 2.75) is 12.7 Å². The van der Waals surface area contributed by atoms with E-state index in [9.17, 15) is 18.4 Å². The first kappa shape index (κ1) is 11.3. The number of carbonyl (C=O) groups excluding carboxylic acids is 2. The zero-order chi connectivity index (χ0) is 12.4. The molecule has 1 aromatic rings. The van der Waals surface area contributed by atoms with Gasteiger partial charge in [-0.3, -0.25) is 10.1 Å². The number of carbonyl (C=O) groups is 2. The molecule has 0 bridgehead atoms. The maximum atomic E-state index is 12.1. The van der Waals surface area contributed by atoms with Crippen molar-refractivity contribution >= 4 is 12.0 Å². The molecular formula is C10H7F2NO4. The Morgan fingerprint density at radius 3 is 2.59 bits per heavy atom. The Morgan fingerprint density at radius 2 is 2.00 bits per heavy atom. The molecule has 0 saturated carbocycles. The summed E-state index contributed by atoms with van der Waals surface area (Å²) in [4.78, 5) is 22.2. The molecule has 1 aromatic carbocycles. The van der Waals surface area contributed by atoms with Crippen molar-refractivity contribution in [3.05, 3.63) is 29.8 Å². The summed E-state index contributed by atoms with van der Waals surface area (Å²) in [7, 11) is 0. The lowest BCUT2D eigenvalue weighted by molar-refractivity contribution is -0.124. The van der Waals surface area contributed by atoms with Crippen molar-refractivity contribution in [3.8, 4) is 5.75 Å². The molecule has 2 rings (SSSR count). The summed E-state index contributed by atoms with van der Waals surface area (Å²) < 4.78 is 33.2. The van der Waals surface area contributed by atoms with Crippen LogP contribution in [0, 0.1) is 0 Å². The summed E-state index contributed by atoms with van der Waals surface area (Å²) in [6.07, 6.45) is -2.16. The minimum atomic E-state index is -3.02. The zero-order valence-electron chi connectivity index (χ0n) is 8.35. The highest BCUT2D eigenvalue weighted by atomic mass is 19.3. The number of imide groups is 1. The lowest BCUT2D eigenvalue weighted by Gasteiger charge is -2.12. The number of hydrogen-bond donors (Lipinski definition) is 1. The Labute approximate surface area is 94.3 Å². The Hall–Kier alpha value is -2.18. The Bertz CT molecular complexity index is 463. The van der Waals surface area contributed by atoms with E-state index >= 15 is 0 Å². The van der Waals surface area contributed by atoms with E-state index in [-0.39, 0.29) is 11.3 Å². The molecule has 17 heavy (non-hydrogen) atoms. The normalized spacial score (nSPS) is 19.1. The highest BCUT2D eigenvalue weighted by Gasteiger charge is 2.35. The van der Waals surface area contributed by atoms with Gasteiger partial charge in [-0.25, -0.2) is 4.79 Å². The van der Waals surface area contributed by atoms with Gasteiger partial charge in [0.2, 0.25) is 6.10 Å².